The minimum Gasteiger partial charge on any atom is -0.467 e. The van der Waals surface area contributed by atoms with Gasteiger partial charge in [0.25, 0.3) is 5.91 Å². The molecule has 0 heterocycles. The van der Waals surface area contributed by atoms with Gasteiger partial charge in [0.2, 0.25) is 0 Å². The summed E-state index contributed by atoms with van der Waals surface area (Å²) in [6.07, 6.45) is 2.88. The van der Waals surface area contributed by atoms with Crippen molar-refractivity contribution in [2.45, 2.75) is 25.3 Å². The van der Waals surface area contributed by atoms with Crippen LogP contribution in [0.4, 0.5) is 0 Å². The summed E-state index contributed by atoms with van der Waals surface area (Å²) in [4.78, 5) is 23.7. The fourth-order valence-electron chi connectivity index (χ4n) is 1.89. The second-order valence-corrected chi connectivity index (χ2v) is 5.17. The lowest BCUT2D eigenvalue weighted by molar-refractivity contribution is -0.143. The largest absolute Gasteiger partial charge is 0.467 e. The lowest BCUT2D eigenvalue weighted by atomic mass is 10.1. The summed E-state index contributed by atoms with van der Waals surface area (Å²) in [5.41, 5.74) is 0.481. The van der Waals surface area contributed by atoms with E-state index >= 15 is 0 Å². The van der Waals surface area contributed by atoms with Crippen LogP contribution in [0.2, 0.25) is 5.02 Å². The van der Waals surface area contributed by atoms with E-state index in [1.54, 1.807) is 24.3 Å². The van der Waals surface area contributed by atoms with E-state index in [1.807, 2.05) is 0 Å². The molecule has 1 saturated carbocycles. The molecule has 0 radical (unpaired) electrons. The Morgan fingerprint density at radius 2 is 2.00 bits per heavy atom. The summed E-state index contributed by atoms with van der Waals surface area (Å²) in [5, 5.41) is 3.29. The quantitative estimate of drug-likeness (QED) is 0.843. The van der Waals surface area contributed by atoms with Gasteiger partial charge in [-0.1, -0.05) is 24.4 Å². The van der Waals surface area contributed by atoms with E-state index in [0.717, 1.165) is 12.8 Å². The molecule has 5 heteroatoms. The topological polar surface area (TPSA) is 55.4 Å². The second-order valence-electron chi connectivity index (χ2n) is 4.74. The van der Waals surface area contributed by atoms with Crippen LogP contribution in [0.1, 0.15) is 29.6 Å². The number of nitrogens with one attached hydrogen (secondary N) is 1. The molecule has 0 spiro atoms. The number of hydrogen-bond acceptors (Lipinski definition) is 3. The number of methoxy groups -OCH3 is 1. The molecular weight excluding hydrogens is 266 g/mol. The average Bonchev–Trinajstić information content (AvgIpc) is 3.21. The predicted octanol–water partition coefficient (Wildman–Crippen LogP) is 2.41. The minimum atomic E-state index is -0.569. The molecule has 2 rings (SSSR count). The number of benzene rings is 1. The molecule has 0 unspecified atom stereocenters. The lowest BCUT2D eigenvalue weighted by Gasteiger charge is -2.16. The molecule has 1 fully saturated rings. The molecule has 4 nitrogen and oxygen atoms in total. The van der Waals surface area contributed by atoms with Gasteiger partial charge in [-0.25, -0.2) is 4.79 Å². The van der Waals surface area contributed by atoms with Crippen LogP contribution in [-0.2, 0) is 9.53 Å². The zero-order valence-corrected chi connectivity index (χ0v) is 11.4. The third-order valence-electron chi connectivity index (χ3n) is 3.16. The Morgan fingerprint density at radius 1 is 1.37 bits per heavy atom. The zero-order chi connectivity index (χ0) is 13.8. The molecule has 1 aromatic carbocycles. The Hall–Kier alpha value is -1.55. The van der Waals surface area contributed by atoms with E-state index < -0.39 is 12.0 Å². The molecular formula is C14H16ClNO3. The van der Waals surface area contributed by atoms with Gasteiger partial charge in [0.15, 0.2) is 0 Å². The lowest BCUT2D eigenvalue weighted by Crippen LogP contribution is -2.41. The van der Waals surface area contributed by atoms with Gasteiger partial charge >= 0.3 is 5.97 Å². The van der Waals surface area contributed by atoms with Crippen molar-refractivity contribution in [2.75, 3.05) is 7.11 Å². The molecule has 102 valence electrons. The normalized spacial score (nSPS) is 15.7. The number of rotatable bonds is 5. The van der Waals surface area contributed by atoms with Crippen LogP contribution in [-0.4, -0.2) is 25.0 Å². The number of halogens is 1. The summed E-state index contributed by atoms with van der Waals surface area (Å²) in [5.74, 6) is -0.156. The first-order valence-electron chi connectivity index (χ1n) is 6.24. The maximum atomic E-state index is 12.0. The Balaban J connectivity index is 2.00. The van der Waals surface area contributed by atoms with Gasteiger partial charge in [-0.3, -0.25) is 4.79 Å². The molecule has 1 N–H and O–H groups in total. The maximum absolute atomic E-state index is 12.0. The molecule has 1 aromatic rings. The Bertz CT molecular complexity index is 468. The summed E-state index contributed by atoms with van der Waals surface area (Å²) in [6.45, 7) is 0. The first-order chi connectivity index (χ1) is 9.10. The van der Waals surface area contributed by atoms with Crippen LogP contribution in [0.3, 0.4) is 0 Å². The molecule has 0 saturated heterocycles. The SMILES string of the molecule is COC(=O)[C@H](CC1CC1)NC(=O)c1ccc(Cl)cc1. The monoisotopic (exact) mass is 281 g/mol. The first-order valence-corrected chi connectivity index (χ1v) is 6.62. The summed E-state index contributed by atoms with van der Waals surface area (Å²) >= 11 is 5.77. The van der Waals surface area contributed by atoms with Crippen LogP contribution >= 0.6 is 11.6 Å². The van der Waals surface area contributed by atoms with E-state index in [-0.39, 0.29) is 5.91 Å². The van der Waals surface area contributed by atoms with Gasteiger partial charge in [0.1, 0.15) is 6.04 Å². The fourth-order valence-corrected chi connectivity index (χ4v) is 2.01. The Labute approximate surface area is 117 Å². The number of hydrogen-bond donors (Lipinski definition) is 1. The Morgan fingerprint density at radius 3 is 2.53 bits per heavy atom. The van der Waals surface area contributed by atoms with Crippen molar-refractivity contribution in [3.63, 3.8) is 0 Å². The van der Waals surface area contributed by atoms with Gasteiger partial charge < -0.3 is 10.1 Å². The van der Waals surface area contributed by atoms with Crippen LogP contribution in [0.15, 0.2) is 24.3 Å². The molecule has 0 bridgehead atoms. The third kappa shape index (κ3) is 3.96. The Kier molecular flexibility index (Phi) is 4.43. The number of esters is 1. The van der Waals surface area contributed by atoms with Crippen LogP contribution in [0, 0.1) is 5.92 Å². The number of carbonyl (C=O) groups is 2. The van der Waals surface area contributed by atoms with E-state index in [0.29, 0.717) is 22.9 Å². The average molecular weight is 282 g/mol. The maximum Gasteiger partial charge on any atom is 0.328 e. The van der Waals surface area contributed by atoms with Crippen molar-refractivity contribution in [1.29, 1.82) is 0 Å². The number of amides is 1. The molecule has 0 aliphatic heterocycles. The van der Waals surface area contributed by atoms with Crippen LogP contribution < -0.4 is 5.32 Å². The highest BCUT2D eigenvalue weighted by Gasteiger charge is 2.31. The van der Waals surface area contributed by atoms with Gasteiger partial charge in [0, 0.05) is 10.6 Å². The highest BCUT2D eigenvalue weighted by atomic mass is 35.5. The van der Waals surface area contributed by atoms with Crippen molar-refractivity contribution in [2.24, 2.45) is 5.92 Å². The molecule has 1 atom stereocenters. The highest BCUT2D eigenvalue weighted by molar-refractivity contribution is 6.30. The van der Waals surface area contributed by atoms with Crippen molar-refractivity contribution in [3.8, 4) is 0 Å². The summed E-state index contributed by atoms with van der Waals surface area (Å²) in [6, 6.07) is 5.97. The first kappa shape index (κ1) is 13.9. The van der Waals surface area contributed by atoms with E-state index in [9.17, 15) is 9.59 Å². The molecule has 1 aliphatic rings. The van der Waals surface area contributed by atoms with Gasteiger partial charge in [-0.2, -0.15) is 0 Å². The van der Waals surface area contributed by atoms with Crippen LogP contribution in [0.25, 0.3) is 0 Å². The van der Waals surface area contributed by atoms with Crippen molar-refractivity contribution in [1.82, 2.24) is 5.32 Å². The van der Waals surface area contributed by atoms with Gasteiger partial charge in [0.05, 0.1) is 7.11 Å². The molecule has 1 aliphatic carbocycles. The molecule has 1 amide bonds. The molecule has 0 aromatic heterocycles. The van der Waals surface area contributed by atoms with Crippen molar-refractivity contribution >= 4 is 23.5 Å². The smallest absolute Gasteiger partial charge is 0.328 e. The summed E-state index contributed by atoms with van der Waals surface area (Å²) in [7, 11) is 1.33. The fraction of sp³-hybridized carbons (Fsp3) is 0.429. The van der Waals surface area contributed by atoms with Crippen molar-refractivity contribution in [3.05, 3.63) is 34.9 Å². The van der Waals surface area contributed by atoms with Gasteiger partial charge in [-0.05, 0) is 36.6 Å². The minimum absolute atomic E-state index is 0.285. The molecule has 19 heavy (non-hydrogen) atoms. The highest BCUT2D eigenvalue weighted by Crippen LogP contribution is 2.33. The van der Waals surface area contributed by atoms with E-state index in [2.05, 4.69) is 5.32 Å². The van der Waals surface area contributed by atoms with Crippen LogP contribution in [0.5, 0.6) is 0 Å². The number of carbonyl (C=O) groups excluding carboxylic acids is 2. The standard InChI is InChI=1S/C14H16ClNO3/c1-19-14(18)12(8-9-2-3-9)16-13(17)10-4-6-11(15)7-5-10/h4-7,9,12H,2-3,8H2,1H3,(H,16,17)/t12-/m0/s1. The zero-order valence-electron chi connectivity index (χ0n) is 10.7. The predicted molar refractivity (Wildman–Crippen MR) is 72.1 cm³/mol. The van der Waals surface area contributed by atoms with E-state index in [1.165, 1.54) is 7.11 Å². The summed E-state index contributed by atoms with van der Waals surface area (Å²) < 4.78 is 4.72. The third-order valence-corrected chi connectivity index (χ3v) is 3.42. The second kappa shape index (κ2) is 6.06. The van der Waals surface area contributed by atoms with Gasteiger partial charge in [-0.15, -0.1) is 0 Å². The number of ether oxygens (including phenoxy) is 1. The van der Waals surface area contributed by atoms with Crippen molar-refractivity contribution < 1.29 is 14.3 Å². The van der Waals surface area contributed by atoms with E-state index in [4.69, 9.17) is 16.3 Å².